The molecule has 1 amide bonds. The maximum atomic E-state index is 11.1. The Morgan fingerprint density at radius 1 is 1.42 bits per heavy atom. The maximum absolute atomic E-state index is 11.1. The Balaban J connectivity index is 2.64. The molecule has 0 saturated carbocycles. The summed E-state index contributed by atoms with van der Waals surface area (Å²) in [5.41, 5.74) is 0. The molecule has 5 nitrogen and oxygen atoms in total. The molecular formula is C7H14N2O3. The van der Waals surface area contributed by atoms with Gasteiger partial charge in [-0.15, -0.1) is 0 Å². The number of rotatable bonds is 1. The highest BCUT2D eigenvalue weighted by atomic mass is 16.3. The molecule has 1 saturated heterocycles. The summed E-state index contributed by atoms with van der Waals surface area (Å²) in [7, 11) is 1.49. The molecule has 12 heavy (non-hydrogen) atoms. The van der Waals surface area contributed by atoms with Gasteiger partial charge in [0.1, 0.15) is 12.1 Å². The van der Waals surface area contributed by atoms with Crippen LogP contribution in [0.25, 0.3) is 0 Å². The van der Waals surface area contributed by atoms with Crippen molar-refractivity contribution in [3.05, 3.63) is 0 Å². The quantitative estimate of drug-likeness (QED) is 0.364. The van der Waals surface area contributed by atoms with Crippen LogP contribution >= 0.6 is 0 Å². The summed E-state index contributed by atoms with van der Waals surface area (Å²) in [5, 5.41) is 23.8. The van der Waals surface area contributed by atoms with Gasteiger partial charge in [0, 0.05) is 13.1 Å². The molecule has 70 valence electrons. The number of likely N-dealkylation sites (N-methyl/N-ethyl adjacent to an activating group) is 1. The summed E-state index contributed by atoms with van der Waals surface area (Å²) in [5.74, 6) is -0.300. The van der Waals surface area contributed by atoms with Crippen molar-refractivity contribution in [2.75, 3.05) is 7.05 Å². The minimum Gasteiger partial charge on any atom is -0.389 e. The minimum absolute atomic E-state index is 0.248. The van der Waals surface area contributed by atoms with Crippen LogP contribution in [-0.2, 0) is 4.79 Å². The highest BCUT2D eigenvalue weighted by Gasteiger charge is 2.41. The minimum atomic E-state index is -1.01. The van der Waals surface area contributed by atoms with Crippen molar-refractivity contribution < 1.29 is 15.0 Å². The number of amides is 1. The molecule has 1 aliphatic heterocycles. The smallest absolute Gasteiger partial charge is 0.239 e. The first-order chi connectivity index (χ1) is 5.57. The van der Waals surface area contributed by atoms with Gasteiger partial charge in [-0.1, -0.05) is 0 Å². The molecule has 1 rings (SSSR count). The summed E-state index contributed by atoms with van der Waals surface area (Å²) >= 11 is 0. The molecule has 0 aromatic rings. The van der Waals surface area contributed by atoms with Crippen molar-refractivity contribution in [3.63, 3.8) is 0 Å². The van der Waals surface area contributed by atoms with Gasteiger partial charge in [0.2, 0.25) is 5.91 Å². The third-order valence-corrected chi connectivity index (χ3v) is 2.18. The van der Waals surface area contributed by atoms with Gasteiger partial charge in [-0.25, -0.2) is 0 Å². The van der Waals surface area contributed by atoms with E-state index in [1.54, 1.807) is 6.92 Å². The van der Waals surface area contributed by atoms with E-state index in [9.17, 15) is 15.0 Å². The zero-order valence-electron chi connectivity index (χ0n) is 7.11. The average molecular weight is 174 g/mol. The maximum Gasteiger partial charge on any atom is 0.239 e. The van der Waals surface area contributed by atoms with Crippen LogP contribution in [0.5, 0.6) is 0 Å². The molecule has 0 aromatic carbocycles. The molecule has 4 N–H and O–H groups in total. The molecule has 1 fully saturated rings. The SMILES string of the molecule is CNC(=O)[C@@H]1N[C@@H](C)[C@@H](O)[C@H]1O. The Bertz CT molecular complexity index is 185. The number of aliphatic hydroxyl groups is 2. The summed E-state index contributed by atoms with van der Waals surface area (Å²) in [6.45, 7) is 1.72. The molecule has 1 heterocycles. The third kappa shape index (κ3) is 1.43. The van der Waals surface area contributed by atoms with Crippen molar-refractivity contribution in [1.29, 1.82) is 0 Å². The van der Waals surface area contributed by atoms with Gasteiger partial charge >= 0.3 is 0 Å². The Hall–Kier alpha value is -0.650. The predicted molar refractivity (Wildman–Crippen MR) is 42.5 cm³/mol. The van der Waals surface area contributed by atoms with E-state index in [4.69, 9.17) is 0 Å². The van der Waals surface area contributed by atoms with Crippen LogP contribution in [0.15, 0.2) is 0 Å². The Morgan fingerprint density at radius 3 is 2.33 bits per heavy atom. The predicted octanol–water partition coefficient (Wildman–Crippen LogP) is -2.19. The second kappa shape index (κ2) is 3.38. The Morgan fingerprint density at radius 2 is 2.00 bits per heavy atom. The highest BCUT2D eigenvalue weighted by molar-refractivity contribution is 5.82. The largest absolute Gasteiger partial charge is 0.389 e. The number of aliphatic hydroxyl groups excluding tert-OH is 2. The standard InChI is InChI=1S/C7H14N2O3/c1-3-5(10)6(11)4(9-3)7(12)8-2/h3-6,9-11H,1-2H3,(H,8,12)/t3-,4+,5+,6-/m0/s1. The van der Waals surface area contributed by atoms with E-state index in [0.717, 1.165) is 0 Å². The van der Waals surface area contributed by atoms with Crippen LogP contribution in [-0.4, -0.2) is 47.5 Å². The monoisotopic (exact) mass is 174 g/mol. The van der Waals surface area contributed by atoms with Crippen molar-refractivity contribution >= 4 is 5.91 Å². The van der Waals surface area contributed by atoms with Crippen LogP contribution in [0.4, 0.5) is 0 Å². The van der Waals surface area contributed by atoms with Gasteiger partial charge in [-0.05, 0) is 6.92 Å². The van der Waals surface area contributed by atoms with E-state index in [1.165, 1.54) is 7.05 Å². The van der Waals surface area contributed by atoms with E-state index in [1.807, 2.05) is 0 Å². The summed E-state index contributed by atoms with van der Waals surface area (Å²) in [4.78, 5) is 11.1. The van der Waals surface area contributed by atoms with Gasteiger partial charge in [0.25, 0.3) is 0 Å². The van der Waals surface area contributed by atoms with Crippen LogP contribution in [0.3, 0.4) is 0 Å². The third-order valence-electron chi connectivity index (χ3n) is 2.18. The van der Waals surface area contributed by atoms with Gasteiger partial charge < -0.3 is 15.5 Å². The fourth-order valence-corrected chi connectivity index (χ4v) is 1.36. The normalized spacial score (nSPS) is 41.3. The van der Waals surface area contributed by atoms with Crippen molar-refractivity contribution in [2.24, 2.45) is 0 Å². The fraction of sp³-hybridized carbons (Fsp3) is 0.857. The molecule has 0 radical (unpaired) electrons. The fourth-order valence-electron chi connectivity index (χ4n) is 1.36. The first kappa shape index (κ1) is 9.44. The number of nitrogens with one attached hydrogen (secondary N) is 2. The van der Waals surface area contributed by atoms with Crippen molar-refractivity contribution in [1.82, 2.24) is 10.6 Å². The second-order valence-electron chi connectivity index (χ2n) is 3.03. The van der Waals surface area contributed by atoms with Crippen molar-refractivity contribution in [3.8, 4) is 0 Å². The van der Waals surface area contributed by atoms with E-state index in [2.05, 4.69) is 10.6 Å². The van der Waals surface area contributed by atoms with Crippen LogP contribution in [0.1, 0.15) is 6.92 Å². The molecule has 0 aliphatic carbocycles. The second-order valence-corrected chi connectivity index (χ2v) is 3.03. The number of carbonyl (C=O) groups is 1. The summed E-state index contributed by atoms with van der Waals surface area (Å²) < 4.78 is 0. The molecule has 5 heteroatoms. The molecule has 0 unspecified atom stereocenters. The first-order valence-electron chi connectivity index (χ1n) is 3.91. The lowest BCUT2D eigenvalue weighted by Gasteiger charge is -2.13. The molecule has 0 aromatic heterocycles. The average Bonchev–Trinajstić information content (AvgIpc) is 2.32. The molecule has 0 bridgehead atoms. The zero-order chi connectivity index (χ0) is 9.30. The van der Waals surface area contributed by atoms with Crippen molar-refractivity contribution in [2.45, 2.75) is 31.2 Å². The zero-order valence-corrected chi connectivity index (χ0v) is 7.11. The Kier molecular flexibility index (Phi) is 2.66. The molecule has 1 aliphatic rings. The molecule has 4 atom stereocenters. The Labute approximate surface area is 70.8 Å². The van der Waals surface area contributed by atoms with Crippen LogP contribution in [0, 0.1) is 0 Å². The molecule has 0 spiro atoms. The summed E-state index contributed by atoms with van der Waals surface area (Å²) in [6, 6.07) is -0.942. The number of hydrogen-bond donors (Lipinski definition) is 4. The topological polar surface area (TPSA) is 81.6 Å². The van der Waals surface area contributed by atoms with E-state index < -0.39 is 18.2 Å². The van der Waals surface area contributed by atoms with Crippen LogP contribution < -0.4 is 10.6 Å². The van der Waals surface area contributed by atoms with Gasteiger partial charge in [-0.3, -0.25) is 10.1 Å². The lowest BCUT2D eigenvalue weighted by Crippen LogP contribution is -2.46. The lowest BCUT2D eigenvalue weighted by atomic mass is 10.1. The van der Waals surface area contributed by atoms with Gasteiger partial charge in [0.15, 0.2) is 0 Å². The van der Waals surface area contributed by atoms with Gasteiger partial charge in [-0.2, -0.15) is 0 Å². The number of carbonyl (C=O) groups excluding carboxylic acids is 1. The van der Waals surface area contributed by atoms with E-state index >= 15 is 0 Å². The molecular weight excluding hydrogens is 160 g/mol. The van der Waals surface area contributed by atoms with E-state index in [-0.39, 0.29) is 11.9 Å². The van der Waals surface area contributed by atoms with Gasteiger partial charge in [0.05, 0.1) is 6.10 Å². The first-order valence-corrected chi connectivity index (χ1v) is 3.91. The van der Waals surface area contributed by atoms with Crippen LogP contribution in [0.2, 0.25) is 0 Å². The number of hydrogen-bond acceptors (Lipinski definition) is 4. The summed E-state index contributed by atoms with van der Waals surface area (Å²) in [6.07, 6.45) is -1.88. The highest BCUT2D eigenvalue weighted by Crippen LogP contribution is 2.13. The van der Waals surface area contributed by atoms with E-state index in [0.29, 0.717) is 0 Å². The lowest BCUT2D eigenvalue weighted by molar-refractivity contribution is -0.125.